The zero-order valence-corrected chi connectivity index (χ0v) is 19.5. The maximum Gasteiger partial charge on any atom is 0.220 e. The molecule has 0 radical (unpaired) electrons. The molecule has 4 heteroatoms. The van der Waals surface area contributed by atoms with E-state index in [4.69, 9.17) is 0 Å². The minimum absolute atomic E-state index is 0.00711. The number of hydrogen-bond donors (Lipinski definition) is 2. The molecule has 8 atom stereocenters. The maximum absolute atomic E-state index is 12.6. The summed E-state index contributed by atoms with van der Waals surface area (Å²) in [7, 11) is 0. The van der Waals surface area contributed by atoms with Gasteiger partial charge >= 0.3 is 0 Å². The number of hydrogen-bond acceptors (Lipinski definition) is 4. The third-order valence-corrected chi connectivity index (χ3v) is 10.8. The van der Waals surface area contributed by atoms with Crippen LogP contribution in [-0.2, 0) is 9.59 Å². The first-order chi connectivity index (χ1) is 14.4. The fourth-order valence-corrected chi connectivity index (χ4v) is 8.89. The van der Waals surface area contributed by atoms with E-state index in [2.05, 4.69) is 34.6 Å². The van der Waals surface area contributed by atoms with Crippen LogP contribution in [0.15, 0.2) is 35.1 Å². The van der Waals surface area contributed by atoms with Crippen molar-refractivity contribution in [3.05, 3.63) is 35.1 Å². The van der Waals surface area contributed by atoms with E-state index >= 15 is 0 Å². The second-order valence-corrected chi connectivity index (χ2v) is 12.3. The molecule has 3 fully saturated rings. The van der Waals surface area contributed by atoms with Gasteiger partial charge in [0.25, 0.3) is 0 Å². The van der Waals surface area contributed by atoms with Crippen molar-refractivity contribution in [3.8, 4) is 0 Å². The van der Waals surface area contributed by atoms with Crippen LogP contribution in [0.4, 0.5) is 0 Å². The first-order valence-electron chi connectivity index (χ1n) is 12.0. The molecule has 2 N–H and O–H groups in total. The largest absolute Gasteiger partial charge is 0.504 e. The molecule has 3 saturated carbocycles. The lowest BCUT2D eigenvalue weighted by molar-refractivity contribution is -0.222. The van der Waals surface area contributed by atoms with E-state index < -0.39 is 6.10 Å². The van der Waals surface area contributed by atoms with E-state index in [-0.39, 0.29) is 45.0 Å². The van der Waals surface area contributed by atoms with Gasteiger partial charge in [0.05, 0.1) is 6.10 Å². The Bertz CT molecular complexity index is 972. The Balaban J connectivity index is 1.63. The van der Waals surface area contributed by atoms with Crippen LogP contribution in [0, 0.1) is 39.4 Å². The SMILES string of the molecule is CC1CC2C(C)(CCC3(C)C4C(O)C=C5C=C(O)C(=O)C=C5C4(C)CCC23C)CC1=O. The lowest BCUT2D eigenvalue weighted by Gasteiger charge is -2.71. The summed E-state index contributed by atoms with van der Waals surface area (Å²) in [6.07, 6.45) is 9.94. The molecule has 31 heavy (non-hydrogen) atoms. The molecule has 4 nitrogen and oxygen atoms in total. The summed E-state index contributed by atoms with van der Waals surface area (Å²) in [4.78, 5) is 25.0. The fourth-order valence-electron chi connectivity index (χ4n) is 8.89. The van der Waals surface area contributed by atoms with E-state index in [1.165, 1.54) is 6.08 Å². The summed E-state index contributed by atoms with van der Waals surface area (Å²) in [5.41, 5.74) is 1.44. The van der Waals surface area contributed by atoms with Gasteiger partial charge in [0.1, 0.15) is 5.78 Å². The van der Waals surface area contributed by atoms with Crippen LogP contribution < -0.4 is 0 Å². The highest BCUT2D eigenvalue weighted by molar-refractivity contribution is 6.05. The second-order valence-electron chi connectivity index (χ2n) is 12.3. The third-order valence-electron chi connectivity index (χ3n) is 10.8. The van der Waals surface area contributed by atoms with Gasteiger partial charge in [-0.3, -0.25) is 9.59 Å². The summed E-state index contributed by atoms with van der Waals surface area (Å²) >= 11 is 0. The number of carbonyl (C=O) groups is 2. The van der Waals surface area contributed by atoms with Crippen molar-refractivity contribution in [2.24, 2.45) is 39.4 Å². The molecule has 0 spiro atoms. The second kappa shape index (κ2) is 6.21. The first-order valence-corrected chi connectivity index (χ1v) is 12.0. The summed E-state index contributed by atoms with van der Waals surface area (Å²) in [6.45, 7) is 11.4. The molecule has 5 aliphatic rings. The molecule has 0 bridgehead atoms. The normalized spacial score (nSPS) is 51.5. The van der Waals surface area contributed by atoms with Gasteiger partial charge in [0.2, 0.25) is 5.78 Å². The van der Waals surface area contributed by atoms with Crippen molar-refractivity contribution in [1.82, 2.24) is 0 Å². The number of aliphatic hydroxyl groups excluding tert-OH is 2. The summed E-state index contributed by atoms with van der Waals surface area (Å²) in [5.74, 6) is 0.407. The molecule has 0 aromatic carbocycles. The van der Waals surface area contributed by atoms with Crippen LogP contribution in [0.5, 0.6) is 0 Å². The molecule has 0 aromatic rings. The number of carbonyl (C=O) groups excluding carboxylic acids is 2. The molecule has 5 aliphatic carbocycles. The molecule has 0 amide bonds. The Hall–Kier alpha value is -1.68. The highest BCUT2D eigenvalue weighted by atomic mass is 16.3. The van der Waals surface area contributed by atoms with E-state index in [1.54, 1.807) is 6.08 Å². The molecule has 168 valence electrons. The minimum atomic E-state index is -0.619. The Morgan fingerprint density at radius 2 is 1.65 bits per heavy atom. The van der Waals surface area contributed by atoms with Crippen LogP contribution in [0.3, 0.4) is 0 Å². The molecule has 8 unspecified atom stereocenters. The van der Waals surface area contributed by atoms with Gasteiger partial charge in [-0.25, -0.2) is 0 Å². The van der Waals surface area contributed by atoms with Crippen LogP contribution in [0.1, 0.15) is 73.1 Å². The highest BCUT2D eigenvalue weighted by Crippen LogP contribution is 2.75. The predicted octanol–water partition coefficient (Wildman–Crippen LogP) is 5.08. The predicted molar refractivity (Wildman–Crippen MR) is 119 cm³/mol. The zero-order valence-electron chi connectivity index (χ0n) is 19.5. The number of allylic oxidation sites excluding steroid dienone is 4. The minimum Gasteiger partial charge on any atom is -0.504 e. The summed E-state index contributed by atoms with van der Waals surface area (Å²) in [6, 6.07) is 0. The van der Waals surface area contributed by atoms with Crippen LogP contribution in [0.2, 0.25) is 0 Å². The van der Waals surface area contributed by atoms with Crippen LogP contribution in [0.25, 0.3) is 0 Å². The van der Waals surface area contributed by atoms with Crippen molar-refractivity contribution in [2.45, 2.75) is 79.2 Å². The molecule has 5 rings (SSSR count). The van der Waals surface area contributed by atoms with Crippen LogP contribution in [-0.4, -0.2) is 27.9 Å². The van der Waals surface area contributed by atoms with Crippen molar-refractivity contribution in [1.29, 1.82) is 0 Å². The Kier molecular flexibility index (Phi) is 4.25. The fraction of sp³-hybridized carbons (Fsp3) is 0.704. The van der Waals surface area contributed by atoms with Crippen molar-refractivity contribution < 1.29 is 19.8 Å². The van der Waals surface area contributed by atoms with E-state index in [0.29, 0.717) is 18.1 Å². The lowest BCUT2D eigenvalue weighted by atomic mass is 9.33. The smallest absolute Gasteiger partial charge is 0.220 e. The average Bonchev–Trinajstić information content (AvgIpc) is 2.68. The quantitative estimate of drug-likeness (QED) is 0.568. The molecular weight excluding hydrogens is 388 g/mol. The van der Waals surface area contributed by atoms with Gasteiger partial charge in [-0.05, 0) is 89.1 Å². The molecule has 0 saturated heterocycles. The number of ketones is 2. The number of aliphatic hydroxyl groups is 2. The lowest BCUT2D eigenvalue weighted by Crippen LogP contribution is -2.66. The van der Waals surface area contributed by atoms with Crippen molar-refractivity contribution in [3.63, 3.8) is 0 Å². The van der Waals surface area contributed by atoms with Crippen LogP contribution >= 0.6 is 0 Å². The summed E-state index contributed by atoms with van der Waals surface area (Å²) in [5, 5.41) is 21.5. The van der Waals surface area contributed by atoms with Crippen molar-refractivity contribution >= 4 is 11.6 Å². The average molecular weight is 425 g/mol. The molecule has 0 aliphatic heterocycles. The Morgan fingerprint density at radius 3 is 2.35 bits per heavy atom. The Labute approximate surface area is 185 Å². The first kappa shape index (κ1) is 21.2. The standard InChI is InChI=1S/C27H36O4/c1-15-10-22-24(2,14-21(15)31)6-8-27(5)23-20(30)12-16-11-18(28)19(29)13-17(16)25(23,3)7-9-26(22,27)4/h11-13,15,20,22-23,28,30H,6-10,14H2,1-5H3. The number of rotatable bonds is 0. The topological polar surface area (TPSA) is 74.6 Å². The number of fused-ring (bicyclic) bond motifs is 7. The van der Waals surface area contributed by atoms with Gasteiger partial charge < -0.3 is 10.2 Å². The number of Topliss-reactive ketones (excluding diaryl/α,β-unsaturated/α-hetero) is 1. The third kappa shape index (κ3) is 2.52. The van der Waals surface area contributed by atoms with E-state index in [9.17, 15) is 19.8 Å². The highest BCUT2D eigenvalue weighted by Gasteiger charge is 2.69. The molecule has 0 aromatic heterocycles. The van der Waals surface area contributed by atoms with Gasteiger partial charge in [0.15, 0.2) is 5.76 Å². The van der Waals surface area contributed by atoms with Crippen molar-refractivity contribution in [2.75, 3.05) is 0 Å². The van der Waals surface area contributed by atoms with E-state index in [0.717, 1.165) is 43.3 Å². The Morgan fingerprint density at radius 1 is 0.968 bits per heavy atom. The summed E-state index contributed by atoms with van der Waals surface area (Å²) < 4.78 is 0. The zero-order chi connectivity index (χ0) is 22.6. The van der Waals surface area contributed by atoms with Gasteiger partial charge in [-0.2, -0.15) is 0 Å². The molecule has 0 heterocycles. The van der Waals surface area contributed by atoms with Gasteiger partial charge in [-0.15, -0.1) is 0 Å². The monoisotopic (exact) mass is 424 g/mol. The van der Waals surface area contributed by atoms with Gasteiger partial charge in [0, 0.05) is 18.3 Å². The molecular formula is C27H36O4. The van der Waals surface area contributed by atoms with Gasteiger partial charge in [-0.1, -0.05) is 34.6 Å². The maximum atomic E-state index is 12.6. The van der Waals surface area contributed by atoms with E-state index in [1.807, 2.05) is 6.08 Å².